The molecule has 2 aromatic rings. The zero-order valence-electron chi connectivity index (χ0n) is 18.2. The van der Waals surface area contributed by atoms with Crippen molar-refractivity contribution in [2.24, 2.45) is 0 Å². The molecule has 3 amide bonds. The molecule has 0 saturated carbocycles. The molecule has 2 aromatic carbocycles. The number of amides is 3. The Hall–Kier alpha value is -3.82. The van der Waals surface area contributed by atoms with Crippen LogP contribution < -0.4 is 10.6 Å². The lowest BCUT2D eigenvalue weighted by Gasteiger charge is -2.29. The number of alkyl halides is 3. The van der Waals surface area contributed by atoms with Gasteiger partial charge in [-0.1, -0.05) is 18.2 Å². The third kappa shape index (κ3) is 3.68. The van der Waals surface area contributed by atoms with Crippen LogP contribution in [0.25, 0.3) is 11.4 Å². The monoisotopic (exact) mass is 470 g/mol. The molecule has 34 heavy (non-hydrogen) atoms. The van der Waals surface area contributed by atoms with E-state index < -0.39 is 23.7 Å². The fourth-order valence-electron chi connectivity index (χ4n) is 4.70. The number of rotatable bonds is 3. The van der Waals surface area contributed by atoms with Crippen LogP contribution in [0.5, 0.6) is 0 Å². The van der Waals surface area contributed by atoms with Crippen molar-refractivity contribution in [3.8, 4) is 0 Å². The maximum atomic E-state index is 13.0. The minimum Gasteiger partial charge on any atom is -0.366 e. The van der Waals surface area contributed by atoms with E-state index in [0.717, 1.165) is 34.7 Å². The second-order valence-electron chi connectivity index (χ2n) is 8.60. The van der Waals surface area contributed by atoms with Crippen LogP contribution in [0, 0.1) is 0 Å². The van der Waals surface area contributed by atoms with Gasteiger partial charge in [-0.2, -0.15) is 13.2 Å². The van der Waals surface area contributed by atoms with Crippen LogP contribution >= 0.6 is 0 Å². The number of nitrogens with zero attached hydrogens (tertiary/aromatic N) is 2. The van der Waals surface area contributed by atoms with Crippen molar-refractivity contribution >= 4 is 29.1 Å². The van der Waals surface area contributed by atoms with Gasteiger partial charge in [0.15, 0.2) is 0 Å². The third-order valence-electron chi connectivity index (χ3n) is 6.41. The van der Waals surface area contributed by atoms with E-state index in [2.05, 4.69) is 10.6 Å². The summed E-state index contributed by atoms with van der Waals surface area (Å²) >= 11 is 0. The molecule has 3 heterocycles. The number of hydrogen-bond acceptors (Lipinski definition) is 5. The van der Waals surface area contributed by atoms with Gasteiger partial charge in [-0.25, -0.2) is 0 Å². The van der Waals surface area contributed by atoms with E-state index in [1.807, 2.05) is 18.0 Å². The number of piperidine rings is 1. The Morgan fingerprint density at radius 2 is 1.71 bits per heavy atom. The molecule has 3 aliphatic rings. The fraction of sp³-hybridized carbons (Fsp3) is 0.292. The van der Waals surface area contributed by atoms with Gasteiger partial charge in [0.25, 0.3) is 5.91 Å². The normalized spacial score (nSPS) is 20.6. The molecule has 1 fully saturated rings. The first-order valence-corrected chi connectivity index (χ1v) is 10.8. The molecule has 0 spiro atoms. The van der Waals surface area contributed by atoms with E-state index in [9.17, 15) is 27.6 Å². The first kappa shape index (κ1) is 22.0. The largest absolute Gasteiger partial charge is 0.416 e. The summed E-state index contributed by atoms with van der Waals surface area (Å²) in [6, 6.07) is 9.68. The van der Waals surface area contributed by atoms with Gasteiger partial charge in [-0.3, -0.25) is 19.7 Å². The van der Waals surface area contributed by atoms with Crippen LogP contribution in [0.4, 0.5) is 13.2 Å². The maximum Gasteiger partial charge on any atom is 0.416 e. The number of imide groups is 1. The van der Waals surface area contributed by atoms with Gasteiger partial charge in [0.1, 0.15) is 6.04 Å². The number of hydrogen-bond donors (Lipinski definition) is 2. The number of halogens is 3. The minimum absolute atomic E-state index is 0.182. The van der Waals surface area contributed by atoms with Crippen molar-refractivity contribution in [1.82, 2.24) is 20.4 Å². The second-order valence-corrected chi connectivity index (χ2v) is 8.60. The molecular weight excluding hydrogens is 449 g/mol. The molecule has 7 nitrogen and oxygen atoms in total. The van der Waals surface area contributed by atoms with E-state index in [4.69, 9.17) is 0 Å². The van der Waals surface area contributed by atoms with Crippen LogP contribution in [-0.2, 0) is 22.3 Å². The molecule has 1 saturated heterocycles. The highest BCUT2D eigenvalue weighted by Crippen LogP contribution is 2.36. The Balaban J connectivity index is 1.46. The summed E-state index contributed by atoms with van der Waals surface area (Å²) in [5, 5.41) is 5.57. The highest BCUT2D eigenvalue weighted by molar-refractivity contribution is 6.05. The van der Waals surface area contributed by atoms with Gasteiger partial charge in [0.2, 0.25) is 11.8 Å². The van der Waals surface area contributed by atoms with Crippen molar-refractivity contribution in [1.29, 1.82) is 0 Å². The average molecular weight is 470 g/mol. The molecule has 2 N–H and O–H groups in total. The van der Waals surface area contributed by atoms with Crippen molar-refractivity contribution in [2.75, 3.05) is 13.7 Å². The molecule has 3 aliphatic heterocycles. The lowest BCUT2D eigenvalue weighted by atomic mass is 10.0. The van der Waals surface area contributed by atoms with Gasteiger partial charge >= 0.3 is 6.18 Å². The van der Waals surface area contributed by atoms with Gasteiger partial charge in [0, 0.05) is 36.7 Å². The van der Waals surface area contributed by atoms with E-state index in [0.29, 0.717) is 17.8 Å². The smallest absolute Gasteiger partial charge is 0.366 e. The zero-order chi connectivity index (χ0) is 24.2. The van der Waals surface area contributed by atoms with Gasteiger partial charge in [0.05, 0.1) is 23.6 Å². The highest BCUT2D eigenvalue weighted by atomic mass is 19.4. The molecule has 1 unspecified atom stereocenters. The van der Waals surface area contributed by atoms with E-state index in [1.54, 1.807) is 12.1 Å². The van der Waals surface area contributed by atoms with Crippen LogP contribution in [0.3, 0.4) is 0 Å². The molecule has 1 atom stereocenters. The van der Waals surface area contributed by atoms with Crippen LogP contribution in [0.1, 0.15) is 45.5 Å². The predicted molar refractivity (Wildman–Crippen MR) is 117 cm³/mol. The molecule has 0 aromatic heterocycles. The molecule has 176 valence electrons. The summed E-state index contributed by atoms with van der Waals surface area (Å²) in [6.45, 7) is 0.719. The van der Waals surface area contributed by atoms with E-state index in [1.165, 1.54) is 17.0 Å². The summed E-state index contributed by atoms with van der Waals surface area (Å²) in [5.41, 5.74) is 3.46. The maximum absolute atomic E-state index is 13.0. The third-order valence-corrected chi connectivity index (χ3v) is 6.41. The SMILES string of the molecule is CN1CNC(c2ccc3c(c2)CN(C2CCC(=O)NC2=O)C3=O)=C1c1ccc(C(F)(F)F)cc1. The van der Waals surface area contributed by atoms with Crippen molar-refractivity contribution < 1.29 is 27.6 Å². The Morgan fingerprint density at radius 1 is 1.00 bits per heavy atom. The van der Waals surface area contributed by atoms with Gasteiger partial charge in [-0.15, -0.1) is 0 Å². The Morgan fingerprint density at radius 3 is 2.38 bits per heavy atom. The first-order valence-electron chi connectivity index (χ1n) is 10.8. The fourth-order valence-corrected chi connectivity index (χ4v) is 4.70. The molecule has 0 aliphatic carbocycles. The Labute approximate surface area is 193 Å². The Kier molecular flexibility index (Phi) is 5.11. The number of benzene rings is 2. The first-order chi connectivity index (χ1) is 16.1. The van der Waals surface area contributed by atoms with E-state index in [-0.39, 0.29) is 31.2 Å². The molecule has 10 heteroatoms. The van der Waals surface area contributed by atoms with Crippen LogP contribution in [0.15, 0.2) is 42.5 Å². The van der Waals surface area contributed by atoms with Gasteiger partial charge < -0.3 is 15.1 Å². The number of carbonyl (C=O) groups excluding carboxylic acids is 3. The lowest BCUT2D eigenvalue weighted by molar-refractivity contribution is -0.138. The minimum atomic E-state index is -4.41. The standard InChI is InChI=1S/C24H21F3N4O3/c1-30-12-28-20(21(30)13-2-5-16(6-3-13)24(25,26)27)14-4-7-17-15(10-14)11-31(23(17)34)18-8-9-19(32)29-22(18)33/h2-7,10,18,28H,8-9,11-12H2,1H3,(H,29,32,33). The van der Waals surface area contributed by atoms with Crippen molar-refractivity contribution in [3.05, 3.63) is 70.3 Å². The summed E-state index contributed by atoms with van der Waals surface area (Å²) in [4.78, 5) is 40.1. The quantitative estimate of drug-likeness (QED) is 0.675. The molecule has 5 rings (SSSR count). The zero-order valence-corrected chi connectivity index (χ0v) is 18.2. The van der Waals surface area contributed by atoms with Gasteiger partial charge in [-0.05, 0) is 36.2 Å². The molecular formula is C24H21F3N4O3. The highest BCUT2D eigenvalue weighted by Gasteiger charge is 2.39. The van der Waals surface area contributed by atoms with Crippen molar-refractivity contribution in [2.45, 2.75) is 31.6 Å². The van der Waals surface area contributed by atoms with Crippen LogP contribution in [0.2, 0.25) is 0 Å². The summed E-state index contributed by atoms with van der Waals surface area (Å²) in [6.07, 6.45) is -3.94. The predicted octanol–water partition coefficient (Wildman–Crippen LogP) is 2.78. The Bertz CT molecular complexity index is 1240. The number of carbonyl (C=O) groups is 3. The lowest BCUT2D eigenvalue weighted by Crippen LogP contribution is -2.52. The topological polar surface area (TPSA) is 81.8 Å². The average Bonchev–Trinajstić information content (AvgIpc) is 3.33. The summed E-state index contributed by atoms with van der Waals surface area (Å²) in [5.74, 6) is -1.07. The molecule has 0 bridgehead atoms. The van der Waals surface area contributed by atoms with Crippen molar-refractivity contribution in [3.63, 3.8) is 0 Å². The second kappa shape index (κ2) is 7.89. The number of fused-ring (bicyclic) bond motifs is 1. The summed E-state index contributed by atoms with van der Waals surface area (Å²) < 4.78 is 38.9. The molecule has 0 radical (unpaired) electrons. The number of nitrogens with one attached hydrogen (secondary N) is 2. The summed E-state index contributed by atoms with van der Waals surface area (Å²) in [7, 11) is 1.84. The van der Waals surface area contributed by atoms with Crippen LogP contribution in [-0.4, -0.2) is 47.3 Å². The van der Waals surface area contributed by atoms with E-state index >= 15 is 0 Å².